The molecule has 0 unspecified atom stereocenters. The molecule has 3 aromatic rings. The van der Waals surface area contributed by atoms with Crippen LogP contribution >= 0.6 is 0 Å². The molecule has 26 heavy (non-hydrogen) atoms. The Kier molecular flexibility index (Phi) is 4.50. The highest BCUT2D eigenvalue weighted by Crippen LogP contribution is 2.31. The average molecular weight is 361 g/mol. The Morgan fingerprint density at radius 3 is 2.35 bits per heavy atom. The minimum absolute atomic E-state index is 0.00894. The van der Waals surface area contributed by atoms with Crippen molar-refractivity contribution < 1.29 is 22.4 Å². The Bertz CT molecular complexity index is 947. The van der Waals surface area contributed by atoms with Gasteiger partial charge in [0.05, 0.1) is 5.56 Å². The van der Waals surface area contributed by atoms with Gasteiger partial charge in [0, 0.05) is 11.1 Å². The highest BCUT2D eigenvalue weighted by molar-refractivity contribution is 6.04. The van der Waals surface area contributed by atoms with E-state index in [-0.39, 0.29) is 11.9 Å². The van der Waals surface area contributed by atoms with E-state index in [1.807, 2.05) is 26.0 Å². The first-order valence-corrected chi connectivity index (χ1v) is 7.64. The summed E-state index contributed by atoms with van der Waals surface area (Å²) < 4.78 is 43.1. The summed E-state index contributed by atoms with van der Waals surface area (Å²) in [6.45, 7) is 3.73. The van der Waals surface area contributed by atoms with Gasteiger partial charge in [-0.25, -0.2) is 0 Å². The van der Waals surface area contributed by atoms with Crippen LogP contribution in [0.4, 0.5) is 19.2 Å². The zero-order valence-corrected chi connectivity index (χ0v) is 13.9. The lowest BCUT2D eigenvalue weighted by molar-refractivity contribution is -0.137. The van der Waals surface area contributed by atoms with E-state index in [9.17, 15) is 18.0 Å². The molecule has 0 fully saturated rings. The number of nitrogens with zero attached hydrogens (tertiary/aromatic N) is 2. The second kappa shape index (κ2) is 6.62. The van der Waals surface area contributed by atoms with Crippen molar-refractivity contribution in [3.8, 4) is 11.5 Å². The molecule has 1 N–H and O–H groups in total. The predicted octanol–water partition coefficient (Wildman–Crippen LogP) is 4.62. The molecule has 0 spiro atoms. The Labute approximate surface area is 146 Å². The van der Waals surface area contributed by atoms with Crippen LogP contribution in [0, 0.1) is 13.8 Å². The van der Waals surface area contributed by atoms with E-state index < -0.39 is 17.6 Å². The van der Waals surface area contributed by atoms with Gasteiger partial charge in [0.1, 0.15) is 0 Å². The molecule has 0 aliphatic carbocycles. The van der Waals surface area contributed by atoms with E-state index in [2.05, 4.69) is 15.5 Å². The van der Waals surface area contributed by atoms with Crippen LogP contribution in [-0.2, 0) is 6.18 Å². The minimum atomic E-state index is -4.42. The van der Waals surface area contributed by atoms with Gasteiger partial charge in [-0.15, -0.1) is 5.10 Å². The van der Waals surface area contributed by atoms with Gasteiger partial charge in [0.15, 0.2) is 0 Å². The molecule has 0 aliphatic rings. The normalized spacial score (nSPS) is 11.4. The van der Waals surface area contributed by atoms with E-state index in [0.717, 1.165) is 23.3 Å². The summed E-state index contributed by atoms with van der Waals surface area (Å²) in [4.78, 5) is 12.3. The maximum absolute atomic E-state index is 12.6. The van der Waals surface area contributed by atoms with E-state index in [0.29, 0.717) is 11.1 Å². The van der Waals surface area contributed by atoms with E-state index in [1.165, 1.54) is 12.1 Å². The molecule has 1 heterocycles. The molecule has 3 rings (SSSR count). The molecule has 0 atom stereocenters. The summed E-state index contributed by atoms with van der Waals surface area (Å²) >= 11 is 0. The first kappa shape index (κ1) is 17.7. The molecule has 0 saturated carbocycles. The van der Waals surface area contributed by atoms with Gasteiger partial charge >= 0.3 is 12.2 Å². The van der Waals surface area contributed by atoms with Crippen LogP contribution < -0.4 is 5.32 Å². The molecule has 0 aliphatic heterocycles. The zero-order valence-electron chi connectivity index (χ0n) is 13.9. The Hall–Kier alpha value is -3.16. The summed E-state index contributed by atoms with van der Waals surface area (Å²) in [5, 5.41) is 9.94. The number of aromatic nitrogens is 2. The highest BCUT2D eigenvalue weighted by atomic mass is 19.4. The second-order valence-corrected chi connectivity index (χ2v) is 5.76. The summed E-state index contributed by atoms with van der Waals surface area (Å²) in [5.74, 6) is -0.403. The molecule has 5 nitrogen and oxygen atoms in total. The molecule has 0 bridgehead atoms. The van der Waals surface area contributed by atoms with Crippen LogP contribution in [-0.4, -0.2) is 16.1 Å². The molecular formula is C18H14F3N3O2. The van der Waals surface area contributed by atoms with Gasteiger partial charge in [-0.1, -0.05) is 22.8 Å². The van der Waals surface area contributed by atoms with Gasteiger partial charge in [-0.2, -0.15) is 13.2 Å². The van der Waals surface area contributed by atoms with Crippen molar-refractivity contribution >= 4 is 11.9 Å². The number of carbonyl (C=O) groups excluding carboxylic acids is 1. The fourth-order valence-corrected chi connectivity index (χ4v) is 2.43. The molecule has 8 heteroatoms. The van der Waals surface area contributed by atoms with E-state index >= 15 is 0 Å². The highest BCUT2D eigenvalue weighted by Gasteiger charge is 2.30. The maximum atomic E-state index is 12.6. The van der Waals surface area contributed by atoms with Crippen LogP contribution in [0.25, 0.3) is 11.5 Å². The predicted molar refractivity (Wildman–Crippen MR) is 88.6 cm³/mol. The number of rotatable bonds is 3. The lowest BCUT2D eigenvalue weighted by Crippen LogP contribution is -2.13. The molecule has 0 saturated heterocycles. The molecule has 1 amide bonds. The minimum Gasteiger partial charge on any atom is -0.403 e. The number of anilines is 1. The number of hydrogen-bond acceptors (Lipinski definition) is 4. The third kappa shape index (κ3) is 3.74. The molecule has 0 radical (unpaired) electrons. The van der Waals surface area contributed by atoms with Crippen LogP contribution in [0.15, 0.2) is 46.9 Å². The first-order valence-electron chi connectivity index (χ1n) is 7.64. The SMILES string of the molecule is Cc1ccc(C(=O)Nc2nnc(-c3ccc(C(F)(F)F)cc3)o2)c(C)c1. The summed E-state index contributed by atoms with van der Waals surface area (Å²) in [6, 6.07) is 9.54. The average Bonchev–Trinajstić information content (AvgIpc) is 3.02. The zero-order chi connectivity index (χ0) is 18.9. The van der Waals surface area contributed by atoms with Gasteiger partial charge in [0.2, 0.25) is 5.89 Å². The second-order valence-electron chi connectivity index (χ2n) is 5.76. The third-order valence-electron chi connectivity index (χ3n) is 3.73. The molecule has 134 valence electrons. The number of amides is 1. The monoisotopic (exact) mass is 361 g/mol. The lowest BCUT2D eigenvalue weighted by atomic mass is 10.1. The number of alkyl halides is 3. The van der Waals surface area contributed by atoms with Crippen LogP contribution in [0.5, 0.6) is 0 Å². The summed E-state index contributed by atoms with van der Waals surface area (Å²) in [7, 11) is 0. The van der Waals surface area contributed by atoms with Gasteiger partial charge in [0.25, 0.3) is 5.91 Å². The van der Waals surface area contributed by atoms with Gasteiger partial charge < -0.3 is 4.42 Å². The Balaban J connectivity index is 1.76. The van der Waals surface area contributed by atoms with Crippen LogP contribution in [0.3, 0.4) is 0 Å². The lowest BCUT2D eigenvalue weighted by Gasteiger charge is -2.06. The van der Waals surface area contributed by atoms with Crippen molar-refractivity contribution in [2.75, 3.05) is 5.32 Å². The first-order chi connectivity index (χ1) is 12.2. The fraction of sp³-hybridized carbons (Fsp3) is 0.167. The number of halogens is 3. The number of benzene rings is 2. The number of aryl methyl sites for hydroxylation is 2. The van der Waals surface area contributed by atoms with Crippen molar-refractivity contribution in [1.82, 2.24) is 10.2 Å². The van der Waals surface area contributed by atoms with Crippen LogP contribution in [0.1, 0.15) is 27.0 Å². The number of carbonyl (C=O) groups is 1. The topological polar surface area (TPSA) is 68.0 Å². The maximum Gasteiger partial charge on any atom is 0.416 e. The van der Waals surface area contributed by atoms with E-state index in [1.54, 1.807) is 6.07 Å². The molecular weight excluding hydrogens is 347 g/mol. The fourth-order valence-electron chi connectivity index (χ4n) is 2.43. The van der Waals surface area contributed by atoms with Crippen molar-refractivity contribution in [2.24, 2.45) is 0 Å². The summed E-state index contributed by atoms with van der Waals surface area (Å²) in [5.41, 5.74) is 1.83. The Morgan fingerprint density at radius 1 is 1.04 bits per heavy atom. The largest absolute Gasteiger partial charge is 0.416 e. The smallest absolute Gasteiger partial charge is 0.403 e. The molecule has 2 aromatic carbocycles. The third-order valence-corrected chi connectivity index (χ3v) is 3.73. The van der Waals surface area contributed by atoms with Crippen molar-refractivity contribution in [3.05, 3.63) is 64.7 Å². The standard InChI is InChI=1S/C18H14F3N3O2/c1-10-3-8-14(11(2)9-10)15(25)22-17-24-23-16(26-17)12-4-6-13(7-5-12)18(19,20)21/h3-9H,1-2H3,(H,22,24,25). The van der Waals surface area contributed by atoms with Gasteiger partial charge in [-0.05, 0) is 49.7 Å². The van der Waals surface area contributed by atoms with E-state index in [4.69, 9.17) is 4.42 Å². The summed E-state index contributed by atoms with van der Waals surface area (Å²) in [6.07, 6.45) is -4.42. The quantitative estimate of drug-likeness (QED) is 0.739. The van der Waals surface area contributed by atoms with Crippen molar-refractivity contribution in [1.29, 1.82) is 0 Å². The molecule has 1 aromatic heterocycles. The Morgan fingerprint density at radius 2 is 1.73 bits per heavy atom. The van der Waals surface area contributed by atoms with Gasteiger partial charge in [-0.3, -0.25) is 10.1 Å². The number of hydrogen-bond donors (Lipinski definition) is 1. The van der Waals surface area contributed by atoms with Crippen molar-refractivity contribution in [3.63, 3.8) is 0 Å². The van der Waals surface area contributed by atoms with Crippen LogP contribution in [0.2, 0.25) is 0 Å². The number of nitrogens with one attached hydrogen (secondary N) is 1. The van der Waals surface area contributed by atoms with Crippen molar-refractivity contribution in [2.45, 2.75) is 20.0 Å².